The standard InChI is InChI=1S/C23H30N2O3S/c1-18-13-15-21(16-14-18)29(27,28)25(22-12-8-7-9-19(22)2)17-23(26)24(3)20-10-5-4-6-11-20/h7-9,12-16,20H,4-6,10-11,17H2,1-3H3. The lowest BCUT2D eigenvalue weighted by Crippen LogP contribution is -2.46. The summed E-state index contributed by atoms with van der Waals surface area (Å²) in [4.78, 5) is 15.0. The molecule has 0 aliphatic heterocycles. The highest BCUT2D eigenvalue weighted by Gasteiger charge is 2.31. The lowest BCUT2D eigenvalue weighted by molar-refractivity contribution is -0.130. The number of anilines is 1. The summed E-state index contributed by atoms with van der Waals surface area (Å²) < 4.78 is 28.2. The molecule has 1 amide bonds. The van der Waals surface area contributed by atoms with E-state index < -0.39 is 10.0 Å². The third-order valence-electron chi connectivity index (χ3n) is 5.79. The van der Waals surface area contributed by atoms with E-state index in [1.54, 1.807) is 48.3 Å². The zero-order valence-corrected chi connectivity index (χ0v) is 18.3. The molecule has 1 aliphatic carbocycles. The second kappa shape index (κ2) is 8.99. The lowest BCUT2D eigenvalue weighted by atomic mass is 9.94. The molecule has 0 aromatic heterocycles. The van der Waals surface area contributed by atoms with Crippen LogP contribution in [0.2, 0.25) is 0 Å². The van der Waals surface area contributed by atoms with Crippen LogP contribution in [-0.4, -0.2) is 38.9 Å². The highest BCUT2D eigenvalue weighted by Crippen LogP contribution is 2.28. The Morgan fingerprint density at radius 1 is 0.966 bits per heavy atom. The van der Waals surface area contributed by atoms with E-state index in [9.17, 15) is 13.2 Å². The molecule has 0 heterocycles. The van der Waals surface area contributed by atoms with E-state index in [1.165, 1.54) is 10.7 Å². The number of amides is 1. The van der Waals surface area contributed by atoms with Crippen molar-refractivity contribution in [1.29, 1.82) is 0 Å². The molecule has 6 heteroatoms. The summed E-state index contributed by atoms with van der Waals surface area (Å²) >= 11 is 0. The van der Waals surface area contributed by atoms with Gasteiger partial charge in [-0.1, -0.05) is 55.2 Å². The maximum absolute atomic E-state index is 13.5. The van der Waals surface area contributed by atoms with Gasteiger partial charge in [0, 0.05) is 13.1 Å². The number of para-hydroxylation sites is 1. The van der Waals surface area contributed by atoms with Crippen molar-refractivity contribution >= 4 is 21.6 Å². The second-order valence-electron chi connectivity index (χ2n) is 7.91. The quantitative estimate of drug-likeness (QED) is 0.708. The molecule has 5 nitrogen and oxygen atoms in total. The summed E-state index contributed by atoms with van der Waals surface area (Å²) in [5.74, 6) is -0.171. The molecule has 3 rings (SSSR count). The predicted octanol–water partition coefficient (Wildman–Crippen LogP) is 4.29. The summed E-state index contributed by atoms with van der Waals surface area (Å²) in [6.07, 6.45) is 5.40. The van der Waals surface area contributed by atoms with Crippen molar-refractivity contribution in [1.82, 2.24) is 4.90 Å². The summed E-state index contributed by atoms with van der Waals surface area (Å²) in [5, 5.41) is 0. The molecule has 1 fully saturated rings. The van der Waals surface area contributed by atoms with Crippen LogP contribution in [-0.2, 0) is 14.8 Å². The molecule has 0 radical (unpaired) electrons. The van der Waals surface area contributed by atoms with Crippen LogP contribution < -0.4 is 4.31 Å². The molecule has 0 N–H and O–H groups in total. The maximum Gasteiger partial charge on any atom is 0.264 e. The van der Waals surface area contributed by atoms with Gasteiger partial charge in [0.05, 0.1) is 10.6 Å². The highest BCUT2D eigenvalue weighted by molar-refractivity contribution is 7.92. The van der Waals surface area contributed by atoms with Gasteiger partial charge < -0.3 is 4.90 Å². The first-order valence-electron chi connectivity index (χ1n) is 10.2. The summed E-state index contributed by atoms with van der Waals surface area (Å²) in [5.41, 5.74) is 2.34. The Morgan fingerprint density at radius 3 is 2.21 bits per heavy atom. The highest BCUT2D eigenvalue weighted by atomic mass is 32.2. The molecule has 2 aromatic rings. The van der Waals surface area contributed by atoms with Crippen LogP contribution >= 0.6 is 0 Å². The number of likely N-dealkylation sites (N-methyl/N-ethyl adjacent to an activating group) is 1. The smallest absolute Gasteiger partial charge is 0.264 e. The number of hydrogen-bond acceptors (Lipinski definition) is 3. The van der Waals surface area contributed by atoms with Gasteiger partial charge in [-0.05, 0) is 50.5 Å². The number of hydrogen-bond donors (Lipinski definition) is 0. The van der Waals surface area contributed by atoms with Crippen molar-refractivity contribution < 1.29 is 13.2 Å². The number of benzene rings is 2. The number of nitrogens with zero attached hydrogens (tertiary/aromatic N) is 2. The minimum atomic E-state index is -3.87. The zero-order chi connectivity index (χ0) is 21.0. The first-order chi connectivity index (χ1) is 13.8. The Kier molecular flexibility index (Phi) is 6.63. The molecule has 29 heavy (non-hydrogen) atoms. The molecule has 0 saturated heterocycles. The van der Waals surface area contributed by atoms with E-state index in [0.29, 0.717) is 5.69 Å². The molecular formula is C23H30N2O3S. The molecule has 0 spiro atoms. The van der Waals surface area contributed by atoms with Crippen molar-refractivity contribution in [2.45, 2.75) is 56.9 Å². The average Bonchev–Trinajstić information content (AvgIpc) is 2.73. The fraction of sp³-hybridized carbons (Fsp3) is 0.435. The fourth-order valence-electron chi connectivity index (χ4n) is 3.89. The van der Waals surface area contributed by atoms with Crippen LogP contribution in [0.1, 0.15) is 43.2 Å². The van der Waals surface area contributed by atoms with Gasteiger partial charge in [0.15, 0.2) is 0 Å². The predicted molar refractivity (Wildman–Crippen MR) is 117 cm³/mol. The zero-order valence-electron chi connectivity index (χ0n) is 17.5. The van der Waals surface area contributed by atoms with E-state index in [2.05, 4.69) is 0 Å². The van der Waals surface area contributed by atoms with Gasteiger partial charge in [-0.15, -0.1) is 0 Å². The molecule has 1 saturated carbocycles. The Morgan fingerprint density at radius 2 is 1.59 bits per heavy atom. The van der Waals surface area contributed by atoms with Crippen LogP contribution in [0.5, 0.6) is 0 Å². The summed E-state index contributed by atoms with van der Waals surface area (Å²) in [6.45, 7) is 3.58. The van der Waals surface area contributed by atoms with Crippen molar-refractivity contribution in [3.8, 4) is 0 Å². The van der Waals surface area contributed by atoms with Crippen LogP contribution in [0.25, 0.3) is 0 Å². The van der Waals surface area contributed by atoms with Gasteiger partial charge >= 0.3 is 0 Å². The minimum absolute atomic E-state index is 0.171. The first-order valence-corrected chi connectivity index (χ1v) is 11.7. The van der Waals surface area contributed by atoms with Crippen molar-refractivity contribution in [2.24, 2.45) is 0 Å². The number of carbonyl (C=O) groups excluding carboxylic acids is 1. The molecule has 156 valence electrons. The van der Waals surface area contributed by atoms with Crippen LogP contribution in [0.3, 0.4) is 0 Å². The number of rotatable bonds is 6. The molecule has 0 atom stereocenters. The van der Waals surface area contributed by atoms with Gasteiger partial charge in [0.2, 0.25) is 5.91 Å². The van der Waals surface area contributed by atoms with E-state index in [4.69, 9.17) is 0 Å². The fourth-order valence-corrected chi connectivity index (χ4v) is 5.37. The van der Waals surface area contributed by atoms with Crippen LogP contribution in [0.4, 0.5) is 5.69 Å². The van der Waals surface area contributed by atoms with Crippen LogP contribution in [0.15, 0.2) is 53.4 Å². The molecule has 0 unspecified atom stereocenters. The van der Waals surface area contributed by atoms with Crippen molar-refractivity contribution in [3.05, 3.63) is 59.7 Å². The van der Waals surface area contributed by atoms with E-state index >= 15 is 0 Å². The Balaban J connectivity index is 1.94. The average molecular weight is 415 g/mol. The Labute approximate surface area is 174 Å². The first kappa shape index (κ1) is 21.4. The molecule has 1 aliphatic rings. The summed E-state index contributed by atoms with van der Waals surface area (Å²) in [6, 6.07) is 14.2. The monoisotopic (exact) mass is 414 g/mol. The number of sulfonamides is 1. The van der Waals surface area contributed by atoms with Gasteiger partial charge in [0.1, 0.15) is 6.54 Å². The van der Waals surface area contributed by atoms with E-state index in [0.717, 1.165) is 36.8 Å². The minimum Gasteiger partial charge on any atom is -0.341 e. The van der Waals surface area contributed by atoms with Crippen molar-refractivity contribution in [2.75, 3.05) is 17.9 Å². The Hall–Kier alpha value is -2.34. The Bertz CT molecular complexity index is 948. The number of carbonyl (C=O) groups is 1. The maximum atomic E-state index is 13.5. The molecule has 2 aromatic carbocycles. The largest absolute Gasteiger partial charge is 0.341 e. The van der Waals surface area contributed by atoms with Gasteiger partial charge in [-0.25, -0.2) is 8.42 Å². The normalized spacial score (nSPS) is 15.1. The lowest BCUT2D eigenvalue weighted by Gasteiger charge is -2.33. The molecule has 0 bridgehead atoms. The van der Waals surface area contributed by atoms with Gasteiger partial charge in [0.25, 0.3) is 10.0 Å². The molecular weight excluding hydrogens is 384 g/mol. The third-order valence-corrected chi connectivity index (χ3v) is 7.56. The van der Waals surface area contributed by atoms with E-state index in [-0.39, 0.29) is 23.4 Å². The van der Waals surface area contributed by atoms with Crippen LogP contribution in [0, 0.1) is 13.8 Å². The topological polar surface area (TPSA) is 57.7 Å². The van der Waals surface area contributed by atoms with Gasteiger partial charge in [-0.2, -0.15) is 0 Å². The van der Waals surface area contributed by atoms with Crippen molar-refractivity contribution in [3.63, 3.8) is 0 Å². The SMILES string of the molecule is Cc1ccc(S(=O)(=O)N(CC(=O)N(C)C2CCCCC2)c2ccccc2C)cc1. The third kappa shape index (κ3) is 4.81. The van der Waals surface area contributed by atoms with E-state index in [1.807, 2.05) is 26.0 Å². The second-order valence-corrected chi connectivity index (χ2v) is 9.77. The number of aryl methyl sites for hydroxylation is 2. The summed E-state index contributed by atoms with van der Waals surface area (Å²) in [7, 11) is -2.07. The van der Waals surface area contributed by atoms with Gasteiger partial charge in [-0.3, -0.25) is 9.10 Å².